The van der Waals surface area contributed by atoms with E-state index in [1.807, 2.05) is 11.3 Å². The third-order valence-corrected chi connectivity index (χ3v) is 13.7. The van der Waals surface area contributed by atoms with Gasteiger partial charge in [-0.2, -0.15) is 0 Å². The Balaban J connectivity index is 1.16. The first-order valence-electron chi connectivity index (χ1n) is 19.0. The Morgan fingerprint density at radius 3 is 2.00 bits per heavy atom. The largest absolute Gasteiger partial charge is 0.310 e. The van der Waals surface area contributed by atoms with Crippen LogP contribution in [0.3, 0.4) is 0 Å². The number of benzene rings is 8. The van der Waals surface area contributed by atoms with Gasteiger partial charge in [-0.3, -0.25) is 0 Å². The van der Waals surface area contributed by atoms with Crippen LogP contribution in [-0.2, 0) is 10.8 Å². The van der Waals surface area contributed by atoms with Crippen molar-refractivity contribution in [1.82, 2.24) is 0 Å². The van der Waals surface area contributed by atoms with Gasteiger partial charge in [0.15, 0.2) is 0 Å². The monoisotopic (exact) mass is 709 g/mol. The molecule has 0 aliphatic heterocycles. The summed E-state index contributed by atoms with van der Waals surface area (Å²) >= 11 is 1.90. The summed E-state index contributed by atoms with van der Waals surface area (Å²) in [7, 11) is 0. The van der Waals surface area contributed by atoms with Gasteiger partial charge in [0.1, 0.15) is 0 Å². The highest BCUT2D eigenvalue weighted by Gasteiger charge is 2.38. The third kappa shape index (κ3) is 4.32. The fraction of sp³-hybridized carbons (Fsp3) is 0.115. The Labute approximate surface area is 320 Å². The van der Waals surface area contributed by atoms with E-state index < -0.39 is 0 Å². The normalized spacial score (nSPS) is 14.6. The molecule has 54 heavy (non-hydrogen) atoms. The third-order valence-electron chi connectivity index (χ3n) is 12.5. The van der Waals surface area contributed by atoms with E-state index in [4.69, 9.17) is 0 Å². The standard InChI is InChI=1S/C52H39NS/c1-51(2)42-21-10-8-17-37(42)38-28-26-35(31-45(38)51)53(34-15-6-5-7-16-34)46-29-25-32-14-12-22-43-48(32)49(46)41-27-24-33(30-44(41)52(43,3)4)36-19-13-20-40-39-18-9-11-23-47(39)54-50(36)40/h5-31H,1-4H3. The van der Waals surface area contributed by atoms with Crippen molar-refractivity contribution in [2.45, 2.75) is 38.5 Å². The summed E-state index contributed by atoms with van der Waals surface area (Å²) < 4.78 is 2.69. The molecule has 0 radical (unpaired) electrons. The van der Waals surface area contributed by atoms with Crippen LogP contribution in [0.4, 0.5) is 17.1 Å². The first-order chi connectivity index (χ1) is 26.3. The van der Waals surface area contributed by atoms with Crippen LogP contribution in [0.15, 0.2) is 164 Å². The zero-order valence-corrected chi connectivity index (χ0v) is 31.8. The maximum Gasteiger partial charge on any atom is 0.0546 e. The lowest BCUT2D eigenvalue weighted by molar-refractivity contribution is 0.645. The molecule has 11 rings (SSSR count). The fourth-order valence-electron chi connectivity index (χ4n) is 9.75. The maximum absolute atomic E-state index is 2.50. The molecule has 0 atom stereocenters. The Hall–Kier alpha value is -5.96. The lowest BCUT2D eigenvalue weighted by Gasteiger charge is -2.38. The number of para-hydroxylation sites is 1. The van der Waals surface area contributed by atoms with Gasteiger partial charge in [0, 0.05) is 47.9 Å². The number of hydrogen-bond acceptors (Lipinski definition) is 2. The van der Waals surface area contributed by atoms with Gasteiger partial charge in [0.2, 0.25) is 0 Å². The molecule has 0 saturated heterocycles. The molecule has 9 aromatic rings. The quantitative estimate of drug-likeness (QED) is 0.176. The van der Waals surface area contributed by atoms with Crippen LogP contribution in [0.1, 0.15) is 49.9 Å². The van der Waals surface area contributed by atoms with Gasteiger partial charge in [-0.15, -0.1) is 11.3 Å². The minimum absolute atomic E-state index is 0.0978. The van der Waals surface area contributed by atoms with E-state index in [-0.39, 0.29) is 10.8 Å². The van der Waals surface area contributed by atoms with Crippen LogP contribution >= 0.6 is 11.3 Å². The predicted molar refractivity (Wildman–Crippen MR) is 232 cm³/mol. The fourth-order valence-corrected chi connectivity index (χ4v) is 11.0. The molecule has 0 saturated carbocycles. The van der Waals surface area contributed by atoms with E-state index in [0.717, 1.165) is 5.69 Å². The molecular weight excluding hydrogens is 671 g/mol. The minimum atomic E-state index is -0.203. The van der Waals surface area contributed by atoms with Crippen molar-refractivity contribution in [2.24, 2.45) is 0 Å². The van der Waals surface area contributed by atoms with Crippen LogP contribution in [0.2, 0.25) is 0 Å². The first-order valence-corrected chi connectivity index (χ1v) is 19.8. The van der Waals surface area contributed by atoms with Crippen molar-refractivity contribution >= 4 is 59.3 Å². The van der Waals surface area contributed by atoms with Gasteiger partial charge < -0.3 is 4.90 Å². The second kappa shape index (κ2) is 11.3. The maximum atomic E-state index is 2.50. The Morgan fingerprint density at radius 2 is 1.11 bits per heavy atom. The summed E-state index contributed by atoms with van der Waals surface area (Å²) in [5.41, 5.74) is 16.6. The predicted octanol–water partition coefficient (Wildman–Crippen LogP) is 15.0. The lowest BCUT2D eigenvalue weighted by Crippen LogP contribution is -2.25. The molecule has 0 fully saturated rings. The van der Waals surface area contributed by atoms with E-state index in [1.165, 1.54) is 98.0 Å². The molecule has 0 spiro atoms. The van der Waals surface area contributed by atoms with E-state index in [0.29, 0.717) is 0 Å². The Kier molecular flexibility index (Phi) is 6.59. The summed E-state index contributed by atoms with van der Waals surface area (Å²) in [5.74, 6) is 0. The highest BCUT2D eigenvalue weighted by molar-refractivity contribution is 7.26. The van der Waals surface area contributed by atoms with Crippen LogP contribution in [0.5, 0.6) is 0 Å². The molecule has 1 nitrogen and oxygen atoms in total. The average molecular weight is 710 g/mol. The molecule has 258 valence electrons. The molecule has 0 bridgehead atoms. The number of hydrogen-bond donors (Lipinski definition) is 0. The van der Waals surface area contributed by atoms with Crippen LogP contribution < -0.4 is 4.90 Å². The molecule has 1 aromatic heterocycles. The second-order valence-electron chi connectivity index (χ2n) is 16.1. The van der Waals surface area contributed by atoms with Crippen molar-refractivity contribution in [2.75, 3.05) is 4.90 Å². The molecule has 2 aliphatic rings. The zero-order chi connectivity index (χ0) is 36.3. The van der Waals surface area contributed by atoms with Gasteiger partial charge in [0.05, 0.1) is 5.69 Å². The number of thiophene rings is 1. The second-order valence-corrected chi connectivity index (χ2v) is 17.2. The average Bonchev–Trinajstić information content (AvgIpc) is 3.69. The smallest absolute Gasteiger partial charge is 0.0546 e. The van der Waals surface area contributed by atoms with Gasteiger partial charge in [0.25, 0.3) is 0 Å². The van der Waals surface area contributed by atoms with Gasteiger partial charge in [-0.05, 0) is 103 Å². The van der Waals surface area contributed by atoms with E-state index in [9.17, 15) is 0 Å². The van der Waals surface area contributed by atoms with Crippen LogP contribution in [0.25, 0.3) is 64.3 Å². The first kappa shape index (κ1) is 31.6. The number of rotatable bonds is 4. The molecular formula is C52H39NS. The molecule has 0 amide bonds. The van der Waals surface area contributed by atoms with Crippen molar-refractivity contribution in [1.29, 1.82) is 0 Å². The van der Waals surface area contributed by atoms with Gasteiger partial charge >= 0.3 is 0 Å². The van der Waals surface area contributed by atoms with Crippen molar-refractivity contribution in [3.05, 3.63) is 186 Å². The van der Waals surface area contributed by atoms with Crippen molar-refractivity contribution in [3.8, 4) is 33.4 Å². The van der Waals surface area contributed by atoms with E-state index >= 15 is 0 Å². The molecule has 0 N–H and O–H groups in total. The number of fused-ring (bicyclic) bond motifs is 8. The Morgan fingerprint density at radius 1 is 0.444 bits per heavy atom. The summed E-state index contributed by atoms with van der Waals surface area (Å²) in [6, 6.07) is 61.4. The van der Waals surface area contributed by atoms with Crippen LogP contribution in [-0.4, -0.2) is 0 Å². The number of nitrogens with zero attached hydrogens (tertiary/aromatic N) is 1. The molecule has 0 unspecified atom stereocenters. The lowest BCUT2D eigenvalue weighted by atomic mass is 9.67. The highest BCUT2D eigenvalue weighted by Crippen LogP contribution is 2.56. The molecule has 1 heterocycles. The SMILES string of the molecule is CC1(C)c2ccccc2-c2ccc(N(c3ccccc3)c3ccc4cccc5c4c3-c3ccc(-c4cccc6c4sc4ccccc46)cc3C5(C)C)cc21. The van der Waals surface area contributed by atoms with Gasteiger partial charge in [-0.25, -0.2) is 0 Å². The summed E-state index contributed by atoms with van der Waals surface area (Å²) in [5, 5.41) is 5.30. The summed E-state index contributed by atoms with van der Waals surface area (Å²) in [6.07, 6.45) is 0. The Bertz CT molecular complexity index is 3000. The number of anilines is 3. The van der Waals surface area contributed by atoms with Crippen molar-refractivity contribution < 1.29 is 0 Å². The summed E-state index contributed by atoms with van der Waals surface area (Å²) in [6.45, 7) is 9.57. The topological polar surface area (TPSA) is 3.24 Å². The molecule has 2 aliphatic carbocycles. The minimum Gasteiger partial charge on any atom is -0.310 e. The zero-order valence-electron chi connectivity index (χ0n) is 30.9. The van der Waals surface area contributed by atoms with E-state index in [2.05, 4.69) is 196 Å². The molecule has 8 aromatic carbocycles. The van der Waals surface area contributed by atoms with Crippen LogP contribution in [0, 0.1) is 0 Å². The molecule has 2 heteroatoms. The van der Waals surface area contributed by atoms with E-state index in [1.54, 1.807) is 0 Å². The van der Waals surface area contributed by atoms with Gasteiger partial charge in [-0.1, -0.05) is 149 Å². The van der Waals surface area contributed by atoms with Crippen molar-refractivity contribution in [3.63, 3.8) is 0 Å². The highest BCUT2D eigenvalue weighted by atomic mass is 32.1. The summed E-state index contributed by atoms with van der Waals surface area (Å²) in [4.78, 5) is 2.50.